The lowest BCUT2D eigenvalue weighted by atomic mass is 10.2. The van der Waals surface area contributed by atoms with Crippen LogP contribution in [-0.4, -0.2) is 36.0 Å². The van der Waals surface area contributed by atoms with E-state index in [2.05, 4.69) is 0 Å². The standard InChI is InChI=1S/C18H14ClNO5S/c1-24-18(23)12-8-20(13-5-3-2-4-11(12)13)9-17(22)25-10-14(21)15-6-7-16(19)26-15/h2-8H,9-10H2,1H3. The maximum Gasteiger partial charge on any atom is 0.340 e. The number of ketones is 1. The summed E-state index contributed by atoms with van der Waals surface area (Å²) in [6, 6.07) is 10.4. The topological polar surface area (TPSA) is 74.6 Å². The van der Waals surface area contributed by atoms with Crippen molar-refractivity contribution in [3.63, 3.8) is 0 Å². The largest absolute Gasteiger partial charge is 0.465 e. The first-order valence-corrected chi connectivity index (χ1v) is 8.79. The van der Waals surface area contributed by atoms with Gasteiger partial charge in [-0.2, -0.15) is 0 Å². The van der Waals surface area contributed by atoms with Crippen molar-refractivity contribution in [2.24, 2.45) is 0 Å². The van der Waals surface area contributed by atoms with E-state index in [-0.39, 0.29) is 18.9 Å². The molecule has 0 saturated carbocycles. The molecule has 0 bridgehead atoms. The first-order chi connectivity index (χ1) is 12.5. The minimum atomic E-state index is -0.585. The molecule has 0 N–H and O–H groups in total. The number of fused-ring (bicyclic) bond motifs is 1. The van der Waals surface area contributed by atoms with Crippen LogP contribution in [0.1, 0.15) is 20.0 Å². The van der Waals surface area contributed by atoms with Crippen molar-refractivity contribution >= 4 is 51.6 Å². The number of hydrogen-bond donors (Lipinski definition) is 0. The number of carbonyl (C=O) groups is 3. The Labute approximate surface area is 157 Å². The number of Topliss-reactive ketones (excluding diaryl/α,β-unsaturated/α-hetero) is 1. The molecule has 0 aliphatic rings. The van der Waals surface area contributed by atoms with E-state index in [0.717, 1.165) is 11.3 Å². The van der Waals surface area contributed by atoms with Gasteiger partial charge in [0.1, 0.15) is 6.54 Å². The highest BCUT2D eigenvalue weighted by molar-refractivity contribution is 7.18. The van der Waals surface area contributed by atoms with E-state index >= 15 is 0 Å². The molecule has 26 heavy (non-hydrogen) atoms. The zero-order valence-corrected chi connectivity index (χ0v) is 15.3. The van der Waals surface area contributed by atoms with Gasteiger partial charge in [0.2, 0.25) is 5.78 Å². The van der Waals surface area contributed by atoms with Crippen LogP contribution in [-0.2, 0) is 20.8 Å². The molecule has 0 saturated heterocycles. The van der Waals surface area contributed by atoms with Gasteiger partial charge in [-0.3, -0.25) is 9.59 Å². The quantitative estimate of drug-likeness (QED) is 0.474. The molecule has 0 aliphatic carbocycles. The Bertz CT molecular complexity index is 991. The first kappa shape index (κ1) is 18.2. The monoisotopic (exact) mass is 391 g/mol. The molecule has 2 aromatic heterocycles. The number of ether oxygens (including phenoxy) is 2. The van der Waals surface area contributed by atoms with Crippen molar-refractivity contribution in [3.8, 4) is 0 Å². The summed E-state index contributed by atoms with van der Waals surface area (Å²) in [5.74, 6) is -1.39. The van der Waals surface area contributed by atoms with Crippen LogP contribution in [0.15, 0.2) is 42.6 Å². The molecule has 2 heterocycles. The number of carbonyl (C=O) groups excluding carboxylic acids is 3. The van der Waals surface area contributed by atoms with Gasteiger partial charge < -0.3 is 14.0 Å². The molecule has 0 atom stereocenters. The highest BCUT2D eigenvalue weighted by Gasteiger charge is 2.18. The summed E-state index contributed by atoms with van der Waals surface area (Å²) in [7, 11) is 1.30. The molecule has 0 unspecified atom stereocenters. The number of hydrogen-bond acceptors (Lipinski definition) is 6. The predicted molar refractivity (Wildman–Crippen MR) is 97.9 cm³/mol. The van der Waals surface area contributed by atoms with Crippen LogP contribution in [0.3, 0.4) is 0 Å². The fraction of sp³-hybridized carbons (Fsp3) is 0.167. The van der Waals surface area contributed by atoms with Gasteiger partial charge in [-0.25, -0.2) is 4.79 Å². The number of thiophene rings is 1. The van der Waals surface area contributed by atoms with Crippen molar-refractivity contribution in [3.05, 3.63) is 57.4 Å². The number of halogens is 1. The zero-order chi connectivity index (χ0) is 18.7. The Kier molecular flexibility index (Phi) is 5.39. The van der Waals surface area contributed by atoms with Crippen LogP contribution in [0.25, 0.3) is 10.9 Å². The number of rotatable bonds is 6. The summed E-state index contributed by atoms with van der Waals surface area (Å²) in [5, 5.41) is 0.677. The Hall–Kier alpha value is -2.64. The second kappa shape index (κ2) is 7.72. The fourth-order valence-corrected chi connectivity index (χ4v) is 3.48. The molecule has 8 heteroatoms. The SMILES string of the molecule is COC(=O)c1cn(CC(=O)OCC(=O)c2ccc(Cl)s2)c2ccccc12. The summed E-state index contributed by atoms with van der Waals surface area (Å²) in [6.07, 6.45) is 1.54. The molecule has 6 nitrogen and oxygen atoms in total. The van der Waals surface area contributed by atoms with Crippen molar-refractivity contribution in [2.75, 3.05) is 13.7 Å². The molecule has 3 aromatic rings. The Morgan fingerprint density at radius 2 is 1.92 bits per heavy atom. The number of para-hydroxylation sites is 1. The van der Waals surface area contributed by atoms with Crippen LogP contribution in [0.2, 0.25) is 4.34 Å². The van der Waals surface area contributed by atoms with E-state index in [9.17, 15) is 14.4 Å². The molecule has 0 fully saturated rings. The average Bonchev–Trinajstić information content (AvgIpc) is 3.23. The third-order valence-corrected chi connectivity index (χ3v) is 4.98. The summed E-state index contributed by atoms with van der Waals surface area (Å²) in [4.78, 5) is 36.4. The van der Waals surface area contributed by atoms with Crippen molar-refractivity contribution in [2.45, 2.75) is 6.54 Å². The van der Waals surface area contributed by atoms with Crippen LogP contribution < -0.4 is 0 Å². The number of benzene rings is 1. The normalized spacial score (nSPS) is 10.7. The molecule has 0 spiro atoms. The molecule has 0 aliphatic heterocycles. The van der Waals surface area contributed by atoms with Gasteiger partial charge in [-0.15, -0.1) is 11.3 Å². The van der Waals surface area contributed by atoms with Crippen LogP contribution in [0.5, 0.6) is 0 Å². The molecular weight excluding hydrogens is 378 g/mol. The van der Waals surface area contributed by atoms with Crippen LogP contribution >= 0.6 is 22.9 Å². The second-order valence-electron chi connectivity index (χ2n) is 5.37. The van der Waals surface area contributed by atoms with Gasteiger partial charge in [0.25, 0.3) is 0 Å². The van der Waals surface area contributed by atoms with Crippen LogP contribution in [0.4, 0.5) is 0 Å². The average molecular weight is 392 g/mol. The summed E-state index contributed by atoms with van der Waals surface area (Å²) < 4.78 is 11.9. The third-order valence-electron chi connectivity index (χ3n) is 3.71. The van der Waals surface area contributed by atoms with E-state index in [4.69, 9.17) is 21.1 Å². The minimum absolute atomic E-state index is 0.129. The fourth-order valence-electron chi connectivity index (χ4n) is 2.52. The summed E-state index contributed by atoms with van der Waals surface area (Å²) >= 11 is 6.92. The third kappa shape index (κ3) is 3.79. The lowest BCUT2D eigenvalue weighted by Gasteiger charge is -2.06. The van der Waals surface area contributed by atoms with Crippen molar-refractivity contribution in [1.82, 2.24) is 4.57 Å². The van der Waals surface area contributed by atoms with Gasteiger partial charge in [-0.05, 0) is 18.2 Å². The lowest BCUT2D eigenvalue weighted by molar-refractivity contribution is -0.143. The highest BCUT2D eigenvalue weighted by Crippen LogP contribution is 2.23. The van der Waals surface area contributed by atoms with E-state index < -0.39 is 11.9 Å². The number of esters is 2. The minimum Gasteiger partial charge on any atom is -0.465 e. The molecule has 0 amide bonds. The smallest absolute Gasteiger partial charge is 0.340 e. The Balaban J connectivity index is 1.71. The molecule has 0 radical (unpaired) electrons. The number of aromatic nitrogens is 1. The Morgan fingerprint density at radius 3 is 2.62 bits per heavy atom. The number of nitrogens with zero attached hydrogens (tertiary/aromatic N) is 1. The van der Waals surface area contributed by atoms with E-state index in [1.807, 2.05) is 0 Å². The predicted octanol–water partition coefficient (Wildman–Crippen LogP) is 3.57. The number of methoxy groups -OCH3 is 1. The first-order valence-electron chi connectivity index (χ1n) is 7.60. The highest BCUT2D eigenvalue weighted by atomic mass is 35.5. The van der Waals surface area contributed by atoms with Gasteiger partial charge in [0.05, 0.1) is 21.9 Å². The summed E-state index contributed by atoms with van der Waals surface area (Å²) in [6.45, 7) is -0.491. The van der Waals surface area contributed by atoms with Gasteiger partial charge in [0, 0.05) is 17.1 Å². The lowest BCUT2D eigenvalue weighted by Crippen LogP contribution is -2.17. The maximum atomic E-state index is 12.1. The summed E-state index contributed by atoms with van der Waals surface area (Å²) in [5.41, 5.74) is 1.06. The van der Waals surface area contributed by atoms with Crippen LogP contribution in [0, 0.1) is 0 Å². The van der Waals surface area contributed by atoms with Crippen molar-refractivity contribution in [1.29, 1.82) is 0 Å². The molecule has 1 aromatic carbocycles. The molecule has 134 valence electrons. The van der Waals surface area contributed by atoms with Gasteiger partial charge in [-0.1, -0.05) is 29.8 Å². The zero-order valence-electron chi connectivity index (χ0n) is 13.7. The van der Waals surface area contributed by atoms with E-state index in [0.29, 0.717) is 25.7 Å². The van der Waals surface area contributed by atoms with E-state index in [1.54, 1.807) is 47.2 Å². The molecule has 3 rings (SSSR count). The van der Waals surface area contributed by atoms with E-state index in [1.165, 1.54) is 7.11 Å². The van der Waals surface area contributed by atoms with Crippen molar-refractivity contribution < 1.29 is 23.9 Å². The molecular formula is C18H14ClNO5S. The van der Waals surface area contributed by atoms with Gasteiger partial charge >= 0.3 is 11.9 Å². The van der Waals surface area contributed by atoms with Gasteiger partial charge in [0.15, 0.2) is 6.61 Å². The Morgan fingerprint density at radius 1 is 1.15 bits per heavy atom. The second-order valence-corrected chi connectivity index (χ2v) is 7.08. The maximum absolute atomic E-state index is 12.1.